The highest BCUT2D eigenvalue weighted by atomic mass is 16.3. The van der Waals surface area contributed by atoms with E-state index in [0.29, 0.717) is 12.3 Å². The van der Waals surface area contributed by atoms with Crippen molar-refractivity contribution in [2.45, 2.75) is 59.1 Å². The van der Waals surface area contributed by atoms with Crippen molar-refractivity contribution in [1.82, 2.24) is 14.8 Å². The van der Waals surface area contributed by atoms with Gasteiger partial charge in [-0.2, -0.15) is 5.10 Å². The molecule has 16 heavy (non-hydrogen) atoms. The third-order valence-corrected chi connectivity index (χ3v) is 2.56. The molecule has 0 aliphatic rings. The van der Waals surface area contributed by atoms with Gasteiger partial charge in [0, 0.05) is 13.0 Å². The molecular formula is C12H23N3O. The second-order valence-corrected chi connectivity index (χ2v) is 5.18. The standard InChI is InChI=1S/C12H23N3O/c1-5-6-12(4,16)7-11-13-9-14-15(11)8-10(2)3/h9-10,16H,5-8H2,1-4H3. The van der Waals surface area contributed by atoms with Gasteiger partial charge in [0.15, 0.2) is 0 Å². The fourth-order valence-corrected chi connectivity index (χ4v) is 1.89. The lowest BCUT2D eigenvalue weighted by atomic mass is 9.96. The highest BCUT2D eigenvalue weighted by Crippen LogP contribution is 2.17. The van der Waals surface area contributed by atoms with Crippen molar-refractivity contribution in [3.8, 4) is 0 Å². The Hall–Kier alpha value is -0.900. The summed E-state index contributed by atoms with van der Waals surface area (Å²) in [4.78, 5) is 4.23. The Kier molecular flexibility index (Phi) is 4.47. The van der Waals surface area contributed by atoms with Crippen LogP contribution in [0.5, 0.6) is 0 Å². The van der Waals surface area contributed by atoms with Crippen LogP contribution in [0.15, 0.2) is 6.33 Å². The highest BCUT2D eigenvalue weighted by Gasteiger charge is 2.22. The minimum atomic E-state index is -0.670. The van der Waals surface area contributed by atoms with Crippen LogP contribution in [0.1, 0.15) is 46.4 Å². The predicted octanol–water partition coefficient (Wildman–Crippen LogP) is 2.03. The van der Waals surface area contributed by atoms with Gasteiger partial charge in [0.25, 0.3) is 0 Å². The van der Waals surface area contributed by atoms with Crippen molar-refractivity contribution in [2.75, 3.05) is 0 Å². The molecule has 4 nitrogen and oxygen atoms in total. The van der Waals surface area contributed by atoms with E-state index in [9.17, 15) is 5.11 Å². The van der Waals surface area contributed by atoms with Gasteiger partial charge < -0.3 is 5.11 Å². The summed E-state index contributed by atoms with van der Waals surface area (Å²) in [6.07, 6.45) is 3.92. The van der Waals surface area contributed by atoms with Crippen LogP contribution in [0.4, 0.5) is 0 Å². The van der Waals surface area contributed by atoms with Gasteiger partial charge in [-0.3, -0.25) is 0 Å². The fraction of sp³-hybridized carbons (Fsp3) is 0.833. The smallest absolute Gasteiger partial charge is 0.138 e. The molecule has 0 bridgehead atoms. The summed E-state index contributed by atoms with van der Waals surface area (Å²) < 4.78 is 1.90. The minimum Gasteiger partial charge on any atom is -0.390 e. The Morgan fingerprint density at radius 2 is 2.19 bits per heavy atom. The first kappa shape index (κ1) is 13.2. The lowest BCUT2D eigenvalue weighted by molar-refractivity contribution is 0.0472. The first-order valence-electron chi connectivity index (χ1n) is 6.03. The van der Waals surface area contributed by atoms with Gasteiger partial charge in [-0.25, -0.2) is 9.67 Å². The van der Waals surface area contributed by atoms with Crippen LogP contribution in [0, 0.1) is 5.92 Å². The summed E-state index contributed by atoms with van der Waals surface area (Å²) in [6, 6.07) is 0. The van der Waals surface area contributed by atoms with Crippen LogP contribution in [-0.4, -0.2) is 25.5 Å². The third kappa shape index (κ3) is 3.93. The van der Waals surface area contributed by atoms with Gasteiger partial charge >= 0.3 is 0 Å². The number of rotatable bonds is 6. The van der Waals surface area contributed by atoms with Crippen molar-refractivity contribution < 1.29 is 5.11 Å². The Balaban J connectivity index is 2.69. The van der Waals surface area contributed by atoms with Gasteiger partial charge in [-0.15, -0.1) is 0 Å². The number of hydrogen-bond donors (Lipinski definition) is 1. The zero-order valence-corrected chi connectivity index (χ0v) is 10.8. The average Bonchev–Trinajstić information content (AvgIpc) is 2.50. The number of aliphatic hydroxyl groups is 1. The monoisotopic (exact) mass is 225 g/mol. The first-order chi connectivity index (χ1) is 7.44. The molecule has 0 amide bonds. The maximum absolute atomic E-state index is 10.2. The molecule has 1 aromatic heterocycles. The first-order valence-corrected chi connectivity index (χ1v) is 6.03. The van der Waals surface area contributed by atoms with Crippen LogP contribution >= 0.6 is 0 Å². The molecule has 1 unspecified atom stereocenters. The maximum Gasteiger partial charge on any atom is 0.138 e. The summed E-state index contributed by atoms with van der Waals surface area (Å²) in [7, 11) is 0. The van der Waals surface area contributed by atoms with Crippen LogP contribution in [0.2, 0.25) is 0 Å². The van der Waals surface area contributed by atoms with E-state index in [4.69, 9.17) is 0 Å². The maximum atomic E-state index is 10.2. The largest absolute Gasteiger partial charge is 0.390 e. The number of hydrogen-bond acceptors (Lipinski definition) is 3. The summed E-state index contributed by atoms with van der Waals surface area (Å²) in [5.41, 5.74) is -0.670. The molecule has 1 heterocycles. The van der Waals surface area contributed by atoms with Crippen LogP contribution in [0.3, 0.4) is 0 Å². The van der Waals surface area contributed by atoms with E-state index in [1.165, 1.54) is 0 Å². The summed E-state index contributed by atoms with van der Waals surface area (Å²) >= 11 is 0. The molecule has 0 saturated carbocycles. The van der Waals surface area contributed by atoms with Gasteiger partial charge in [0.1, 0.15) is 12.2 Å². The Bertz CT molecular complexity index is 318. The minimum absolute atomic E-state index is 0.538. The van der Waals surface area contributed by atoms with E-state index < -0.39 is 5.60 Å². The second-order valence-electron chi connectivity index (χ2n) is 5.18. The van der Waals surface area contributed by atoms with Crippen molar-refractivity contribution in [3.63, 3.8) is 0 Å². The molecule has 1 aromatic rings. The molecule has 92 valence electrons. The topological polar surface area (TPSA) is 50.9 Å². The van der Waals surface area contributed by atoms with Gasteiger partial charge in [0.2, 0.25) is 0 Å². The van der Waals surface area contributed by atoms with Crippen molar-refractivity contribution in [3.05, 3.63) is 12.2 Å². The Labute approximate surface area is 97.7 Å². The van der Waals surface area contributed by atoms with E-state index in [0.717, 1.165) is 25.2 Å². The van der Waals surface area contributed by atoms with Gasteiger partial charge in [-0.05, 0) is 19.3 Å². The van der Waals surface area contributed by atoms with E-state index in [2.05, 4.69) is 30.9 Å². The van der Waals surface area contributed by atoms with Crippen molar-refractivity contribution >= 4 is 0 Å². The van der Waals surface area contributed by atoms with Gasteiger partial charge in [-0.1, -0.05) is 27.2 Å². The van der Waals surface area contributed by atoms with E-state index in [1.54, 1.807) is 6.33 Å². The molecular weight excluding hydrogens is 202 g/mol. The molecule has 0 radical (unpaired) electrons. The van der Waals surface area contributed by atoms with Crippen LogP contribution in [-0.2, 0) is 13.0 Å². The molecule has 0 aliphatic heterocycles. The average molecular weight is 225 g/mol. The zero-order valence-electron chi connectivity index (χ0n) is 10.8. The fourth-order valence-electron chi connectivity index (χ4n) is 1.89. The zero-order chi connectivity index (χ0) is 12.2. The number of nitrogens with zero attached hydrogens (tertiary/aromatic N) is 3. The van der Waals surface area contributed by atoms with Crippen LogP contribution in [0.25, 0.3) is 0 Å². The summed E-state index contributed by atoms with van der Waals surface area (Å²) in [5.74, 6) is 1.42. The lowest BCUT2D eigenvalue weighted by Crippen LogP contribution is -2.29. The molecule has 0 spiro atoms. The Morgan fingerprint density at radius 1 is 1.50 bits per heavy atom. The van der Waals surface area contributed by atoms with E-state index >= 15 is 0 Å². The highest BCUT2D eigenvalue weighted by molar-refractivity contribution is 4.92. The summed E-state index contributed by atoms with van der Waals surface area (Å²) in [6.45, 7) is 9.10. The van der Waals surface area contributed by atoms with Crippen molar-refractivity contribution in [2.24, 2.45) is 5.92 Å². The molecule has 1 N–H and O–H groups in total. The molecule has 0 saturated heterocycles. The molecule has 1 atom stereocenters. The summed E-state index contributed by atoms with van der Waals surface area (Å²) in [5, 5.41) is 14.4. The second kappa shape index (κ2) is 5.43. The molecule has 0 aromatic carbocycles. The Morgan fingerprint density at radius 3 is 2.75 bits per heavy atom. The molecule has 0 fully saturated rings. The molecule has 0 aliphatic carbocycles. The number of aromatic nitrogens is 3. The third-order valence-electron chi connectivity index (χ3n) is 2.56. The normalized spacial score (nSPS) is 15.4. The predicted molar refractivity (Wildman–Crippen MR) is 64.1 cm³/mol. The van der Waals surface area contributed by atoms with E-state index in [-0.39, 0.29) is 0 Å². The van der Waals surface area contributed by atoms with E-state index in [1.807, 2.05) is 11.6 Å². The quantitative estimate of drug-likeness (QED) is 0.806. The molecule has 4 heteroatoms. The van der Waals surface area contributed by atoms with Crippen LogP contribution < -0.4 is 0 Å². The van der Waals surface area contributed by atoms with Crippen molar-refractivity contribution in [1.29, 1.82) is 0 Å². The SMILES string of the molecule is CCCC(C)(O)Cc1ncnn1CC(C)C. The van der Waals surface area contributed by atoms with Gasteiger partial charge in [0.05, 0.1) is 5.60 Å². The molecule has 1 rings (SSSR count). The lowest BCUT2D eigenvalue weighted by Gasteiger charge is -2.22.